The molecule has 9 heteroatoms. The van der Waals surface area contributed by atoms with Crippen LogP contribution >= 0.6 is 11.8 Å². The highest BCUT2D eigenvalue weighted by Crippen LogP contribution is 2.34. The molecule has 0 amide bonds. The molecule has 0 bridgehead atoms. The van der Waals surface area contributed by atoms with E-state index < -0.39 is 16.1 Å². The molecule has 7 nitrogen and oxygen atoms in total. The molecule has 2 aliphatic heterocycles. The largest absolute Gasteiger partial charge is 0.486 e. The molecule has 2 aromatic carbocycles. The highest BCUT2D eigenvalue weighted by Gasteiger charge is 2.27. The molecule has 1 aromatic heterocycles. The maximum absolute atomic E-state index is 12.8. The molecule has 0 spiro atoms. The van der Waals surface area contributed by atoms with Crippen molar-refractivity contribution in [2.75, 3.05) is 22.8 Å². The van der Waals surface area contributed by atoms with Crippen LogP contribution in [0.4, 0.5) is 5.69 Å². The first-order valence-electron chi connectivity index (χ1n) is 9.26. The van der Waals surface area contributed by atoms with Crippen molar-refractivity contribution in [2.24, 2.45) is 0 Å². The van der Waals surface area contributed by atoms with E-state index in [-0.39, 0.29) is 12.4 Å². The molecule has 5 rings (SSSR count). The minimum absolute atomic E-state index is 0.185. The van der Waals surface area contributed by atoms with E-state index in [1.807, 2.05) is 30.5 Å². The van der Waals surface area contributed by atoms with Crippen LogP contribution in [0.25, 0.3) is 11.3 Å². The van der Waals surface area contributed by atoms with Crippen molar-refractivity contribution in [1.82, 2.24) is 9.55 Å². The molecule has 3 heterocycles. The number of anilines is 1. The highest BCUT2D eigenvalue weighted by molar-refractivity contribution is 7.99. The topological polar surface area (TPSA) is 82.5 Å². The fraction of sp³-hybridized carbons (Fsp3) is 0.250. The molecule has 0 saturated heterocycles. The normalized spacial score (nSPS) is 17.7. The Morgan fingerprint density at radius 2 is 1.93 bits per heavy atom. The van der Waals surface area contributed by atoms with Crippen LogP contribution in [-0.4, -0.2) is 42.2 Å². The number of nitrogens with zero attached hydrogens (tertiary/aromatic N) is 2. The summed E-state index contributed by atoms with van der Waals surface area (Å²) < 4.78 is 41.9. The SMILES string of the molecule is O=S(=O)(CC1COc2ccccc2O1)Nc1ccccc1-c1cn2c(n1)SCC2. The van der Waals surface area contributed by atoms with E-state index in [4.69, 9.17) is 9.47 Å². The Morgan fingerprint density at radius 3 is 2.79 bits per heavy atom. The Balaban J connectivity index is 1.35. The lowest BCUT2D eigenvalue weighted by molar-refractivity contribution is 0.106. The van der Waals surface area contributed by atoms with Gasteiger partial charge in [0, 0.05) is 24.1 Å². The summed E-state index contributed by atoms with van der Waals surface area (Å²) in [7, 11) is -3.66. The number of imidazole rings is 1. The second kappa shape index (κ2) is 7.31. The van der Waals surface area contributed by atoms with Gasteiger partial charge in [-0.05, 0) is 18.2 Å². The molecule has 0 aliphatic carbocycles. The van der Waals surface area contributed by atoms with Crippen LogP contribution in [0.5, 0.6) is 11.5 Å². The van der Waals surface area contributed by atoms with Gasteiger partial charge in [-0.2, -0.15) is 0 Å². The van der Waals surface area contributed by atoms with Crippen molar-refractivity contribution in [3.05, 3.63) is 54.7 Å². The number of sulfonamides is 1. The summed E-state index contributed by atoms with van der Waals surface area (Å²) in [5, 5.41) is 0.962. The molecule has 150 valence electrons. The third kappa shape index (κ3) is 3.79. The van der Waals surface area contributed by atoms with Gasteiger partial charge < -0.3 is 14.0 Å². The summed E-state index contributed by atoms with van der Waals surface area (Å²) in [5.74, 6) is 2.00. The van der Waals surface area contributed by atoms with Gasteiger partial charge in [0.05, 0.1) is 11.4 Å². The molecule has 1 atom stereocenters. The third-order valence-corrected chi connectivity index (χ3v) is 7.06. The number of ether oxygens (including phenoxy) is 2. The first kappa shape index (κ1) is 18.4. The number of rotatable bonds is 5. The zero-order chi connectivity index (χ0) is 19.8. The van der Waals surface area contributed by atoms with Crippen molar-refractivity contribution in [3.63, 3.8) is 0 Å². The Labute approximate surface area is 173 Å². The summed E-state index contributed by atoms with van der Waals surface area (Å²) in [6, 6.07) is 14.5. The average molecular weight is 430 g/mol. The number of aromatic nitrogens is 2. The standard InChI is InChI=1S/C20H19N3O4S2/c24-29(25,13-14-12-26-18-7-3-4-8-19(18)27-14)22-16-6-2-1-5-15(16)17-11-23-9-10-28-20(23)21-17/h1-8,11,14,22H,9-10,12-13H2. The van der Waals surface area contributed by atoms with E-state index in [9.17, 15) is 8.42 Å². The van der Waals surface area contributed by atoms with Gasteiger partial charge in [-0.15, -0.1) is 0 Å². The molecular formula is C20H19N3O4S2. The number of benzene rings is 2. The van der Waals surface area contributed by atoms with E-state index in [0.717, 1.165) is 28.7 Å². The lowest BCUT2D eigenvalue weighted by Crippen LogP contribution is -2.37. The maximum Gasteiger partial charge on any atom is 0.236 e. The Hall–Kier alpha value is -2.65. The molecule has 1 N–H and O–H groups in total. The molecule has 3 aromatic rings. The minimum Gasteiger partial charge on any atom is -0.486 e. The lowest BCUT2D eigenvalue weighted by Gasteiger charge is -2.26. The summed E-state index contributed by atoms with van der Waals surface area (Å²) in [4.78, 5) is 4.64. The van der Waals surface area contributed by atoms with Gasteiger partial charge in [-0.25, -0.2) is 13.4 Å². The molecule has 0 saturated carbocycles. The van der Waals surface area contributed by atoms with Gasteiger partial charge in [-0.3, -0.25) is 4.72 Å². The lowest BCUT2D eigenvalue weighted by atomic mass is 10.1. The quantitative estimate of drug-likeness (QED) is 0.671. The number of para-hydroxylation sites is 3. The number of nitrogens with one attached hydrogen (secondary N) is 1. The van der Waals surface area contributed by atoms with Gasteiger partial charge >= 0.3 is 0 Å². The second-order valence-electron chi connectivity index (χ2n) is 6.88. The van der Waals surface area contributed by atoms with Crippen LogP contribution < -0.4 is 14.2 Å². The van der Waals surface area contributed by atoms with E-state index in [1.54, 1.807) is 36.0 Å². The fourth-order valence-corrected chi connectivity index (χ4v) is 5.63. The zero-order valence-electron chi connectivity index (χ0n) is 15.4. The van der Waals surface area contributed by atoms with Crippen molar-refractivity contribution in [1.29, 1.82) is 0 Å². The van der Waals surface area contributed by atoms with Crippen LogP contribution in [0.3, 0.4) is 0 Å². The monoisotopic (exact) mass is 429 g/mol. The summed E-state index contributed by atoms with van der Waals surface area (Å²) in [6.07, 6.45) is 1.39. The first-order chi connectivity index (χ1) is 14.1. The first-order valence-corrected chi connectivity index (χ1v) is 11.9. The Kier molecular flexibility index (Phi) is 4.63. The maximum atomic E-state index is 12.8. The minimum atomic E-state index is -3.66. The van der Waals surface area contributed by atoms with Crippen molar-refractivity contribution in [2.45, 2.75) is 17.8 Å². The molecule has 2 aliphatic rings. The second-order valence-corrected chi connectivity index (χ2v) is 9.71. The smallest absolute Gasteiger partial charge is 0.236 e. The summed E-state index contributed by atoms with van der Waals surface area (Å²) in [6.45, 7) is 1.10. The molecule has 1 unspecified atom stereocenters. The van der Waals surface area contributed by atoms with Crippen molar-refractivity contribution < 1.29 is 17.9 Å². The highest BCUT2D eigenvalue weighted by atomic mass is 32.2. The van der Waals surface area contributed by atoms with Gasteiger partial charge in [0.1, 0.15) is 18.5 Å². The van der Waals surface area contributed by atoms with Crippen molar-refractivity contribution in [3.8, 4) is 22.8 Å². The Bertz CT molecular complexity index is 1140. The predicted molar refractivity (Wildman–Crippen MR) is 112 cm³/mol. The van der Waals surface area contributed by atoms with E-state index >= 15 is 0 Å². The third-order valence-electron chi connectivity index (χ3n) is 4.74. The van der Waals surface area contributed by atoms with Crippen molar-refractivity contribution >= 4 is 27.5 Å². The average Bonchev–Trinajstić information content (AvgIpc) is 3.30. The zero-order valence-corrected chi connectivity index (χ0v) is 17.1. The van der Waals surface area contributed by atoms with Gasteiger partial charge in [0.25, 0.3) is 0 Å². The van der Waals surface area contributed by atoms with Crippen LogP contribution in [0, 0.1) is 0 Å². The van der Waals surface area contributed by atoms with Crippen LogP contribution in [-0.2, 0) is 16.6 Å². The fourth-order valence-electron chi connectivity index (χ4n) is 3.43. The number of hydrogen-bond acceptors (Lipinski definition) is 6. The molecular weight excluding hydrogens is 410 g/mol. The van der Waals surface area contributed by atoms with E-state index in [0.29, 0.717) is 17.2 Å². The molecule has 0 fully saturated rings. The van der Waals surface area contributed by atoms with Gasteiger partial charge in [0.15, 0.2) is 16.7 Å². The van der Waals surface area contributed by atoms with E-state index in [2.05, 4.69) is 14.3 Å². The number of fused-ring (bicyclic) bond motifs is 2. The number of hydrogen-bond donors (Lipinski definition) is 1. The number of aryl methyl sites for hydroxylation is 1. The van der Waals surface area contributed by atoms with Crippen LogP contribution in [0.2, 0.25) is 0 Å². The molecule has 29 heavy (non-hydrogen) atoms. The summed E-state index contributed by atoms with van der Waals surface area (Å²) >= 11 is 1.70. The van der Waals surface area contributed by atoms with Gasteiger partial charge in [-0.1, -0.05) is 42.1 Å². The number of thioether (sulfide) groups is 1. The predicted octanol–water partition coefficient (Wildman–Crippen LogP) is 3.24. The van der Waals surface area contributed by atoms with Crippen LogP contribution in [0.1, 0.15) is 0 Å². The Morgan fingerprint density at radius 1 is 1.14 bits per heavy atom. The van der Waals surface area contributed by atoms with Gasteiger partial charge in [0.2, 0.25) is 10.0 Å². The molecule has 0 radical (unpaired) electrons. The van der Waals surface area contributed by atoms with E-state index in [1.165, 1.54) is 0 Å². The van der Waals surface area contributed by atoms with Crippen LogP contribution in [0.15, 0.2) is 59.9 Å². The summed E-state index contributed by atoms with van der Waals surface area (Å²) in [5.41, 5.74) is 2.02.